The quantitative estimate of drug-likeness (QED) is 0.460. The molecule has 0 aromatic carbocycles. The van der Waals surface area contributed by atoms with E-state index >= 15 is 0 Å². The van der Waals surface area contributed by atoms with Gasteiger partial charge in [0.15, 0.2) is 0 Å². The summed E-state index contributed by atoms with van der Waals surface area (Å²) < 4.78 is 2.04. The minimum Gasteiger partial charge on any atom is -0.368 e. The molecule has 0 radical (unpaired) electrons. The van der Waals surface area contributed by atoms with Crippen LogP contribution in [0.4, 0.5) is 5.69 Å². The molecule has 1 fully saturated rings. The number of aryl methyl sites for hydroxylation is 1. The second-order valence-corrected chi connectivity index (χ2v) is 8.50. The minimum absolute atomic E-state index is 0.866. The van der Waals surface area contributed by atoms with Crippen LogP contribution < -0.4 is 4.90 Å². The molecule has 6 rings (SSSR count). The Morgan fingerprint density at radius 2 is 1.78 bits per heavy atom. The first-order valence-electron chi connectivity index (χ1n) is 10.8. The maximum Gasteiger partial charge on any atom is 0.139 e. The molecule has 0 spiro atoms. The van der Waals surface area contributed by atoms with Crippen LogP contribution in [0.5, 0.6) is 0 Å². The Kier molecular flexibility index (Phi) is 4.25. The minimum atomic E-state index is 0.866. The van der Waals surface area contributed by atoms with Crippen LogP contribution in [0.15, 0.2) is 36.8 Å². The van der Waals surface area contributed by atoms with Crippen molar-refractivity contribution in [3.8, 4) is 22.8 Å². The molecule has 0 saturated carbocycles. The molecule has 32 heavy (non-hydrogen) atoms. The summed E-state index contributed by atoms with van der Waals surface area (Å²) in [6.45, 7) is 6.14. The molecule has 1 aliphatic heterocycles. The SMILES string of the molecule is Cc1ncc(-c2cc3c(-c4cc5c(N6CCN(C)CC6)ccnc5[nH]4)n[nH]c3cn2)n1C. The molecule has 0 amide bonds. The van der Waals surface area contributed by atoms with Crippen molar-refractivity contribution in [3.63, 3.8) is 0 Å². The maximum atomic E-state index is 4.62. The Morgan fingerprint density at radius 3 is 2.56 bits per heavy atom. The van der Waals surface area contributed by atoms with Gasteiger partial charge in [-0.3, -0.25) is 10.1 Å². The lowest BCUT2D eigenvalue weighted by atomic mass is 10.1. The van der Waals surface area contributed by atoms with Crippen LogP contribution in [-0.4, -0.2) is 72.8 Å². The number of fused-ring (bicyclic) bond motifs is 2. The molecule has 1 saturated heterocycles. The first-order valence-corrected chi connectivity index (χ1v) is 10.8. The lowest BCUT2D eigenvalue weighted by Gasteiger charge is -2.34. The van der Waals surface area contributed by atoms with E-state index in [0.717, 1.165) is 76.7 Å². The fraction of sp³-hybridized carbons (Fsp3) is 0.304. The summed E-state index contributed by atoms with van der Waals surface area (Å²) in [6, 6.07) is 6.35. The summed E-state index contributed by atoms with van der Waals surface area (Å²) >= 11 is 0. The zero-order valence-electron chi connectivity index (χ0n) is 18.4. The number of imidazole rings is 1. The van der Waals surface area contributed by atoms with Gasteiger partial charge >= 0.3 is 0 Å². The molecule has 0 aliphatic carbocycles. The Labute approximate surface area is 185 Å². The van der Waals surface area contributed by atoms with Gasteiger partial charge in [0, 0.05) is 55.9 Å². The van der Waals surface area contributed by atoms with E-state index in [1.807, 2.05) is 37.1 Å². The summed E-state index contributed by atoms with van der Waals surface area (Å²) in [5.41, 5.74) is 6.65. The van der Waals surface area contributed by atoms with Crippen LogP contribution in [0.2, 0.25) is 0 Å². The van der Waals surface area contributed by atoms with Crippen LogP contribution >= 0.6 is 0 Å². The fourth-order valence-corrected chi connectivity index (χ4v) is 4.47. The van der Waals surface area contributed by atoms with Crippen molar-refractivity contribution in [2.24, 2.45) is 7.05 Å². The van der Waals surface area contributed by atoms with E-state index in [0.29, 0.717) is 0 Å². The van der Waals surface area contributed by atoms with Crippen molar-refractivity contribution in [2.45, 2.75) is 6.92 Å². The summed E-state index contributed by atoms with van der Waals surface area (Å²) in [6.07, 6.45) is 5.57. The number of H-pyrrole nitrogens is 2. The van der Waals surface area contributed by atoms with Crippen LogP contribution in [0.25, 0.3) is 44.7 Å². The highest BCUT2D eigenvalue weighted by atomic mass is 15.2. The van der Waals surface area contributed by atoms with E-state index in [1.54, 1.807) is 0 Å². The molecule has 162 valence electrons. The number of aromatic amines is 2. The lowest BCUT2D eigenvalue weighted by molar-refractivity contribution is 0.313. The van der Waals surface area contributed by atoms with Gasteiger partial charge in [0.05, 0.1) is 35.0 Å². The average Bonchev–Trinajstić information content (AvgIpc) is 3.50. The molecular weight excluding hydrogens is 402 g/mol. The number of anilines is 1. The molecule has 1 aliphatic rings. The van der Waals surface area contributed by atoms with Crippen molar-refractivity contribution in [3.05, 3.63) is 42.6 Å². The van der Waals surface area contributed by atoms with Crippen LogP contribution in [0.3, 0.4) is 0 Å². The van der Waals surface area contributed by atoms with E-state index < -0.39 is 0 Å². The van der Waals surface area contributed by atoms with Gasteiger partial charge in [0.2, 0.25) is 0 Å². The van der Waals surface area contributed by atoms with Crippen molar-refractivity contribution < 1.29 is 0 Å². The summed E-state index contributed by atoms with van der Waals surface area (Å²) in [5, 5.41) is 9.87. The zero-order chi connectivity index (χ0) is 21.8. The Bertz CT molecular complexity index is 1430. The smallest absolute Gasteiger partial charge is 0.139 e. The van der Waals surface area contributed by atoms with Gasteiger partial charge in [0.25, 0.3) is 0 Å². The zero-order valence-corrected chi connectivity index (χ0v) is 18.4. The monoisotopic (exact) mass is 427 g/mol. The molecule has 0 bridgehead atoms. The highest BCUT2D eigenvalue weighted by Crippen LogP contribution is 2.33. The lowest BCUT2D eigenvalue weighted by Crippen LogP contribution is -2.44. The number of pyridine rings is 2. The van der Waals surface area contributed by atoms with Gasteiger partial charge < -0.3 is 19.4 Å². The summed E-state index contributed by atoms with van der Waals surface area (Å²) in [4.78, 5) is 21.9. The molecule has 5 aromatic rings. The molecule has 5 aromatic heterocycles. The Hall–Kier alpha value is -3.72. The second kappa shape index (κ2) is 7.16. The van der Waals surface area contributed by atoms with E-state index in [-0.39, 0.29) is 0 Å². The third-order valence-electron chi connectivity index (χ3n) is 6.54. The van der Waals surface area contributed by atoms with E-state index in [1.165, 1.54) is 5.69 Å². The molecule has 0 atom stereocenters. The standard InChI is InChI=1S/C23H25N9/c1-14-25-13-21(31(14)3)17-10-15-19(12-26-17)28-29-22(15)18-11-16-20(4-5-24-23(16)27-18)32-8-6-30(2)7-9-32/h4-5,10-13H,6-9H2,1-3H3,(H,24,27)(H,28,29). The predicted molar refractivity (Wildman–Crippen MR) is 126 cm³/mol. The number of piperazine rings is 1. The molecule has 2 N–H and O–H groups in total. The molecule has 6 heterocycles. The second-order valence-electron chi connectivity index (χ2n) is 8.50. The predicted octanol–water partition coefficient (Wildman–Crippen LogP) is 2.96. The molecule has 9 nitrogen and oxygen atoms in total. The number of rotatable bonds is 3. The van der Waals surface area contributed by atoms with Gasteiger partial charge in [-0.1, -0.05) is 0 Å². The number of hydrogen-bond donors (Lipinski definition) is 2. The first kappa shape index (κ1) is 19.0. The maximum absolute atomic E-state index is 4.62. The molecule has 0 unspecified atom stereocenters. The van der Waals surface area contributed by atoms with Gasteiger partial charge in [-0.25, -0.2) is 9.97 Å². The third kappa shape index (κ3) is 2.96. The number of likely N-dealkylation sites (N-methyl/N-ethyl adjacent to an activating group) is 1. The number of hydrogen-bond acceptors (Lipinski definition) is 6. The van der Waals surface area contributed by atoms with Gasteiger partial charge in [0.1, 0.15) is 17.2 Å². The number of nitrogens with zero attached hydrogens (tertiary/aromatic N) is 7. The van der Waals surface area contributed by atoms with E-state index in [9.17, 15) is 0 Å². The topological polar surface area (TPSA) is 94.6 Å². The largest absolute Gasteiger partial charge is 0.368 e. The number of nitrogens with one attached hydrogen (secondary N) is 2. The molecular formula is C23H25N9. The summed E-state index contributed by atoms with van der Waals surface area (Å²) in [5.74, 6) is 0.951. The van der Waals surface area contributed by atoms with Crippen molar-refractivity contribution in [1.29, 1.82) is 0 Å². The highest BCUT2D eigenvalue weighted by molar-refractivity contribution is 5.99. The highest BCUT2D eigenvalue weighted by Gasteiger charge is 2.20. The Balaban J connectivity index is 1.45. The fourth-order valence-electron chi connectivity index (χ4n) is 4.47. The van der Waals surface area contributed by atoms with Crippen molar-refractivity contribution in [2.75, 3.05) is 38.1 Å². The van der Waals surface area contributed by atoms with Crippen LogP contribution in [0.1, 0.15) is 5.82 Å². The normalized spacial score (nSPS) is 15.3. The van der Waals surface area contributed by atoms with Gasteiger partial charge in [-0.15, -0.1) is 0 Å². The summed E-state index contributed by atoms with van der Waals surface area (Å²) in [7, 11) is 4.18. The van der Waals surface area contributed by atoms with E-state index in [2.05, 4.69) is 65.2 Å². The van der Waals surface area contributed by atoms with Gasteiger partial charge in [-0.05, 0) is 32.2 Å². The number of aromatic nitrogens is 7. The van der Waals surface area contributed by atoms with Crippen LogP contribution in [-0.2, 0) is 7.05 Å². The van der Waals surface area contributed by atoms with E-state index in [4.69, 9.17) is 0 Å². The van der Waals surface area contributed by atoms with Crippen molar-refractivity contribution in [1.82, 2.24) is 39.6 Å². The van der Waals surface area contributed by atoms with Crippen molar-refractivity contribution >= 4 is 27.6 Å². The Morgan fingerprint density at radius 1 is 0.938 bits per heavy atom. The average molecular weight is 428 g/mol. The van der Waals surface area contributed by atoms with Crippen LogP contribution in [0, 0.1) is 6.92 Å². The third-order valence-corrected chi connectivity index (χ3v) is 6.54. The van der Waals surface area contributed by atoms with Gasteiger partial charge in [-0.2, -0.15) is 5.10 Å². The first-order chi connectivity index (χ1) is 15.6. The molecule has 9 heteroatoms.